The van der Waals surface area contributed by atoms with Gasteiger partial charge in [-0.25, -0.2) is 4.98 Å². The molecule has 1 unspecified atom stereocenters. The number of halogens is 1. The van der Waals surface area contributed by atoms with Gasteiger partial charge in [0.05, 0.1) is 22.0 Å². The van der Waals surface area contributed by atoms with Crippen LogP contribution in [0.4, 0.5) is 0 Å². The van der Waals surface area contributed by atoms with E-state index in [0.29, 0.717) is 19.3 Å². The first-order valence-electron chi connectivity index (χ1n) is 6.86. The van der Waals surface area contributed by atoms with Gasteiger partial charge < -0.3 is 9.84 Å². The second kappa shape index (κ2) is 6.12. The molecule has 4 nitrogen and oxygen atoms in total. The smallest absolute Gasteiger partial charge is 0.309 e. The summed E-state index contributed by atoms with van der Waals surface area (Å²) in [6.07, 6.45) is 3.35. The van der Waals surface area contributed by atoms with Gasteiger partial charge in [-0.15, -0.1) is 11.3 Å². The van der Waals surface area contributed by atoms with Gasteiger partial charge in [-0.05, 0) is 55.0 Å². The molecule has 1 aliphatic carbocycles. The molecule has 1 aromatic rings. The maximum absolute atomic E-state index is 12.0. The van der Waals surface area contributed by atoms with Gasteiger partial charge in [0.25, 0.3) is 0 Å². The van der Waals surface area contributed by atoms with Crippen molar-refractivity contribution in [2.45, 2.75) is 51.7 Å². The Morgan fingerprint density at radius 3 is 2.85 bits per heavy atom. The number of hydrogen-bond donors (Lipinski definition) is 1. The van der Waals surface area contributed by atoms with Crippen LogP contribution in [0.1, 0.15) is 45.0 Å². The van der Waals surface area contributed by atoms with Crippen LogP contribution in [-0.4, -0.2) is 22.2 Å². The zero-order valence-electron chi connectivity index (χ0n) is 11.9. The van der Waals surface area contributed by atoms with Crippen LogP contribution in [0, 0.1) is 11.8 Å². The SMILES string of the molecule is CC(C)OC(=O)[C@@H]1CCC(O)(c2ncc(Br)s2)C[C@H]1C. The zero-order chi connectivity index (χ0) is 14.9. The van der Waals surface area contributed by atoms with E-state index in [4.69, 9.17) is 4.74 Å². The lowest BCUT2D eigenvalue weighted by atomic mass is 9.72. The van der Waals surface area contributed by atoms with E-state index in [1.807, 2.05) is 20.8 Å². The van der Waals surface area contributed by atoms with Crippen molar-refractivity contribution in [1.29, 1.82) is 0 Å². The summed E-state index contributed by atoms with van der Waals surface area (Å²) in [4.78, 5) is 16.3. The minimum Gasteiger partial charge on any atom is -0.463 e. The maximum Gasteiger partial charge on any atom is 0.309 e. The minimum atomic E-state index is -0.912. The van der Waals surface area contributed by atoms with Crippen LogP contribution in [0.3, 0.4) is 0 Å². The van der Waals surface area contributed by atoms with Gasteiger partial charge >= 0.3 is 5.97 Å². The first kappa shape index (κ1) is 15.9. The van der Waals surface area contributed by atoms with E-state index in [1.54, 1.807) is 6.20 Å². The molecule has 0 spiro atoms. The van der Waals surface area contributed by atoms with Gasteiger partial charge in [0.1, 0.15) is 10.6 Å². The Labute approximate surface area is 131 Å². The Morgan fingerprint density at radius 2 is 2.35 bits per heavy atom. The Kier molecular flexibility index (Phi) is 4.87. The molecule has 0 amide bonds. The molecule has 1 heterocycles. The Bertz CT molecular complexity index is 491. The van der Waals surface area contributed by atoms with Crippen molar-refractivity contribution < 1.29 is 14.6 Å². The number of thiazole rings is 1. The second-order valence-corrected chi connectivity index (χ2v) is 8.22. The fourth-order valence-corrected chi connectivity index (χ4v) is 4.12. The van der Waals surface area contributed by atoms with Gasteiger partial charge in [-0.1, -0.05) is 6.92 Å². The Balaban J connectivity index is 2.06. The van der Waals surface area contributed by atoms with E-state index in [1.165, 1.54) is 11.3 Å². The van der Waals surface area contributed by atoms with Crippen molar-refractivity contribution in [1.82, 2.24) is 4.98 Å². The van der Waals surface area contributed by atoms with Crippen molar-refractivity contribution in [3.05, 3.63) is 15.0 Å². The second-order valence-electron chi connectivity index (χ2n) is 5.81. The van der Waals surface area contributed by atoms with Gasteiger partial charge in [0, 0.05) is 0 Å². The van der Waals surface area contributed by atoms with E-state index in [0.717, 1.165) is 8.79 Å². The number of carbonyl (C=O) groups excluding carboxylic acids is 1. The number of esters is 1. The third-order valence-corrected chi connectivity index (χ3v) is 5.42. The van der Waals surface area contributed by atoms with E-state index < -0.39 is 5.60 Å². The lowest BCUT2D eigenvalue weighted by Crippen LogP contribution is -2.39. The summed E-state index contributed by atoms with van der Waals surface area (Å²) in [7, 11) is 0. The summed E-state index contributed by atoms with van der Waals surface area (Å²) >= 11 is 4.83. The molecule has 1 aromatic heterocycles. The number of nitrogens with zero attached hydrogens (tertiary/aromatic N) is 1. The molecule has 0 aliphatic heterocycles. The highest BCUT2D eigenvalue weighted by atomic mass is 79.9. The fraction of sp³-hybridized carbons (Fsp3) is 0.714. The van der Waals surface area contributed by atoms with E-state index >= 15 is 0 Å². The van der Waals surface area contributed by atoms with Gasteiger partial charge in [0.2, 0.25) is 0 Å². The van der Waals surface area contributed by atoms with Crippen LogP contribution >= 0.6 is 27.3 Å². The lowest BCUT2D eigenvalue weighted by molar-refractivity contribution is -0.158. The number of rotatable bonds is 3. The first-order chi connectivity index (χ1) is 9.32. The van der Waals surface area contributed by atoms with Crippen LogP contribution in [0.15, 0.2) is 9.98 Å². The summed E-state index contributed by atoms with van der Waals surface area (Å²) in [6, 6.07) is 0. The third kappa shape index (κ3) is 3.40. The molecule has 1 aliphatic rings. The maximum atomic E-state index is 12.0. The molecule has 0 radical (unpaired) electrons. The topological polar surface area (TPSA) is 59.4 Å². The number of aliphatic hydroxyl groups is 1. The van der Waals surface area contributed by atoms with Crippen molar-refractivity contribution in [2.75, 3.05) is 0 Å². The van der Waals surface area contributed by atoms with Crippen LogP contribution < -0.4 is 0 Å². The lowest BCUT2D eigenvalue weighted by Gasteiger charge is -2.38. The molecule has 0 aromatic carbocycles. The zero-order valence-corrected chi connectivity index (χ0v) is 14.3. The molecule has 3 atom stereocenters. The number of carbonyl (C=O) groups is 1. The number of aromatic nitrogens is 1. The van der Waals surface area contributed by atoms with E-state index in [2.05, 4.69) is 20.9 Å². The van der Waals surface area contributed by atoms with Gasteiger partial charge in [0.15, 0.2) is 0 Å². The molecular weight excluding hydrogens is 342 g/mol. The summed E-state index contributed by atoms with van der Waals surface area (Å²) < 4.78 is 6.21. The van der Waals surface area contributed by atoms with Crippen LogP contribution in [0.25, 0.3) is 0 Å². The first-order valence-corrected chi connectivity index (χ1v) is 8.47. The highest BCUT2D eigenvalue weighted by Crippen LogP contribution is 2.44. The number of hydrogen-bond acceptors (Lipinski definition) is 5. The average molecular weight is 362 g/mol. The van der Waals surface area contributed by atoms with Gasteiger partial charge in [-0.2, -0.15) is 0 Å². The summed E-state index contributed by atoms with van der Waals surface area (Å²) in [5.74, 6) is -0.182. The quantitative estimate of drug-likeness (QED) is 0.837. The molecule has 20 heavy (non-hydrogen) atoms. The number of ether oxygens (including phenoxy) is 1. The van der Waals surface area contributed by atoms with Crippen molar-refractivity contribution in [2.24, 2.45) is 11.8 Å². The molecule has 2 rings (SSSR count). The molecule has 112 valence electrons. The van der Waals surface area contributed by atoms with E-state index in [9.17, 15) is 9.90 Å². The van der Waals surface area contributed by atoms with Crippen molar-refractivity contribution in [3.63, 3.8) is 0 Å². The summed E-state index contributed by atoms with van der Waals surface area (Å²) in [6.45, 7) is 5.71. The third-order valence-electron chi connectivity index (χ3n) is 3.75. The van der Waals surface area contributed by atoms with Crippen molar-refractivity contribution in [3.8, 4) is 0 Å². The Hall–Kier alpha value is -0.460. The van der Waals surface area contributed by atoms with Crippen LogP contribution in [0.5, 0.6) is 0 Å². The van der Waals surface area contributed by atoms with Crippen LogP contribution in [-0.2, 0) is 15.1 Å². The molecule has 0 saturated heterocycles. The largest absolute Gasteiger partial charge is 0.463 e. The van der Waals surface area contributed by atoms with Gasteiger partial charge in [-0.3, -0.25) is 4.79 Å². The predicted octanol–water partition coefficient (Wildman–Crippen LogP) is 3.48. The average Bonchev–Trinajstić information content (AvgIpc) is 2.75. The minimum absolute atomic E-state index is 0.0858. The normalized spacial score (nSPS) is 30.5. The molecule has 1 N–H and O–H groups in total. The van der Waals surface area contributed by atoms with Crippen LogP contribution in [0.2, 0.25) is 0 Å². The monoisotopic (exact) mass is 361 g/mol. The Morgan fingerprint density at radius 1 is 1.65 bits per heavy atom. The molecule has 6 heteroatoms. The standard InChI is InChI=1S/C14H20BrNO3S/c1-8(2)19-12(17)10-4-5-14(18,6-9(10)3)13-16-7-11(15)20-13/h7-10,18H,4-6H2,1-3H3/t9-,10-,14?/m1/s1. The summed E-state index contributed by atoms with van der Waals surface area (Å²) in [5, 5.41) is 11.5. The highest BCUT2D eigenvalue weighted by Gasteiger charge is 2.43. The van der Waals surface area contributed by atoms with Crippen molar-refractivity contribution >= 4 is 33.2 Å². The molecule has 0 bridgehead atoms. The molecular formula is C14H20BrNO3S. The van der Waals surface area contributed by atoms with E-state index in [-0.39, 0.29) is 23.9 Å². The predicted molar refractivity (Wildman–Crippen MR) is 81.4 cm³/mol. The molecule has 1 saturated carbocycles. The molecule has 1 fully saturated rings. The summed E-state index contributed by atoms with van der Waals surface area (Å²) in [5.41, 5.74) is -0.912. The fourth-order valence-electron chi connectivity index (χ4n) is 2.79. The highest BCUT2D eigenvalue weighted by molar-refractivity contribution is 9.11.